The summed E-state index contributed by atoms with van der Waals surface area (Å²) < 4.78 is 3.99. The molecule has 7 heteroatoms. The molecule has 0 aliphatic rings. The van der Waals surface area contributed by atoms with Crippen LogP contribution in [0.2, 0.25) is 0 Å². The first-order valence-electron chi connectivity index (χ1n) is 3.76. The van der Waals surface area contributed by atoms with Gasteiger partial charge in [0.05, 0.1) is 0 Å². The third kappa shape index (κ3) is 3.70. The van der Waals surface area contributed by atoms with Crippen LogP contribution in [0.3, 0.4) is 0 Å². The zero-order chi connectivity index (χ0) is 9.68. The number of nitrogens with two attached hydrogens (primary N) is 1. The summed E-state index contributed by atoms with van der Waals surface area (Å²) in [6.45, 7) is 2.90. The van der Waals surface area contributed by atoms with E-state index in [1.165, 1.54) is 11.5 Å². The second-order valence-corrected chi connectivity index (χ2v) is 3.12. The molecule has 1 rings (SSSR count). The first-order chi connectivity index (χ1) is 6.18. The van der Waals surface area contributed by atoms with Gasteiger partial charge < -0.3 is 16.4 Å². The van der Waals surface area contributed by atoms with Gasteiger partial charge in [0.2, 0.25) is 5.13 Å². The van der Waals surface area contributed by atoms with E-state index in [4.69, 9.17) is 5.73 Å². The van der Waals surface area contributed by atoms with Crippen LogP contribution in [0.15, 0.2) is 0 Å². The summed E-state index contributed by atoms with van der Waals surface area (Å²) in [6, 6.07) is -0.518. The highest BCUT2D eigenvalue weighted by Crippen LogP contribution is 2.08. The summed E-state index contributed by atoms with van der Waals surface area (Å²) in [7, 11) is 0. The van der Waals surface area contributed by atoms with E-state index < -0.39 is 6.03 Å². The average Bonchev–Trinajstić information content (AvgIpc) is 2.45. The number of aromatic nitrogens is 2. The molecule has 0 unspecified atom stereocenters. The Labute approximate surface area is 79.7 Å². The molecule has 0 saturated heterocycles. The number of amides is 2. The molecule has 0 spiro atoms. The number of primary amides is 1. The largest absolute Gasteiger partial charge is 0.359 e. The van der Waals surface area contributed by atoms with Crippen LogP contribution in [0.25, 0.3) is 0 Å². The van der Waals surface area contributed by atoms with Gasteiger partial charge in [0.15, 0.2) is 0 Å². The summed E-state index contributed by atoms with van der Waals surface area (Å²) in [5.41, 5.74) is 4.87. The van der Waals surface area contributed by atoms with Crippen molar-refractivity contribution in [1.82, 2.24) is 14.7 Å². The van der Waals surface area contributed by atoms with Gasteiger partial charge in [-0.3, -0.25) is 0 Å². The van der Waals surface area contributed by atoms with Crippen LogP contribution in [0.4, 0.5) is 9.93 Å². The fourth-order valence-electron chi connectivity index (χ4n) is 0.724. The van der Waals surface area contributed by atoms with Gasteiger partial charge >= 0.3 is 6.03 Å². The van der Waals surface area contributed by atoms with Crippen LogP contribution in [0.5, 0.6) is 0 Å². The van der Waals surface area contributed by atoms with Crippen LogP contribution >= 0.6 is 11.5 Å². The molecule has 1 heterocycles. The highest BCUT2D eigenvalue weighted by atomic mass is 32.1. The van der Waals surface area contributed by atoms with E-state index in [-0.39, 0.29) is 0 Å². The number of carbonyl (C=O) groups excluding carboxylic acids is 1. The molecule has 2 amide bonds. The van der Waals surface area contributed by atoms with Crippen molar-refractivity contribution in [3.05, 3.63) is 5.82 Å². The third-order valence-electron chi connectivity index (χ3n) is 1.23. The van der Waals surface area contributed by atoms with Crippen LogP contribution in [-0.2, 0) is 0 Å². The number of nitrogens with one attached hydrogen (secondary N) is 2. The normalized spacial score (nSPS) is 9.62. The van der Waals surface area contributed by atoms with E-state index in [2.05, 4.69) is 20.0 Å². The minimum atomic E-state index is -0.518. The Morgan fingerprint density at radius 2 is 2.38 bits per heavy atom. The second kappa shape index (κ2) is 4.61. The molecule has 72 valence electrons. The number of hydrogen-bond donors (Lipinski definition) is 3. The lowest BCUT2D eigenvalue weighted by Gasteiger charge is -2.01. The SMILES string of the molecule is Cc1nsc(NCCNC(N)=O)n1. The molecule has 1 aromatic heterocycles. The number of aryl methyl sites for hydroxylation is 1. The van der Waals surface area contributed by atoms with E-state index >= 15 is 0 Å². The molecule has 0 aliphatic carbocycles. The van der Waals surface area contributed by atoms with Gasteiger partial charge in [-0.1, -0.05) is 0 Å². The molecule has 1 aromatic rings. The third-order valence-corrected chi connectivity index (χ3v) is 1.99. The Hall–Kier alpha value is -1.37. The van der Waals surface area contributed by atoms with E-state index in [0.717, 1.165) is 11.0 Å². The Kier molecular flexibility index (Phi) is 3.44. The molecule has 0 radical (unpaired) electrons. The number of hydrogen-bond acceptors (Lipinski definition) is 5. The number of rotatable bonds is 4. The van der Waals surface area contributed by atoms with Crippen molar-refractivity contribution in [1.29, 1.82) is 0 Å². The van der Waals surface area contributed by atoms with E-state index in [1.54, 1.807) is 0 Å². The van der Waals surface area contributed by atoms with Crippen molar-refractivity contribution >= 4 is 22.7 Å². The molecule has 0 aliphatic heterocycles. The summed E-state index contributed by atoms with van der Waals surface area (Å²) in [6.07, 6.45) is 0. The molecular weight excluding hydrogens is 190 g/mol. The van der Waals surface area contributed by atoms with Crippen molar-refractivity contribution in [2.75, 3.05) is 18.4 Å². The quantitative estimate of drug-likeness (QED) is 0.594. The summed E-state index contributed by atoms with van der Waals surface area (Å²) in [5, 5.41) is 6.20. The van der Waals surface area contributed by atoms with Crippen molar-refractivity contribution < 1.29 is 4.79 Å². The molecule has 0 atom stereocenters. The van der Waals surface area contributed by atoms with Crippen molar-refractivity contribution in [3.63, 3.8) is 0 Å². The predicted molar refractivity (Wildman–Crippen MR) is 50.7 cm³/mol. The maximum Gasteiger partial charge on any atom is 0.312 e. The molecule has 0 aromatic carbocycles. The Balaban J connectivity index is 2.16. The van der Waals surface area contributed by atoms with E-state index in [9.17, 15) is 4.79 Å². The van der Waals surface area contributed by atoms with Crippen molar-refractivity contribution in [3.8, 4) is 0 Å². The minimum Gasteiger partial charge on any atom is -0.359 e. The maximum absolute atomic E-state index is 10.3. The van der Waals surface area contributed by atoms with Gasteiger partial charge in [-0.25, -0.2) is 9.78 Å². The zero-order valence-corrected chi connectivity index (χ0v) is 8.02. The molecular formula is C6H11N5OS. The van der Waals surface area contributed by atoms with E-state index in [1.807, 2.05) is 6.92 Å². The van der Waals surface area contributed by atoms with E-state index in [0.29, 0.717) is 13.1 Å². The lowest BCUT2D eigenvalue weighted by molar-refractivity contribution is 0.249. The summed E-state index contributed by atoms with van der Waals surface area (Å²) >= 11 is 1.29. The Bertz CT molecular complexity index is 286. The van der Waals surface area contributed by atoms with Gasteiger partial charge in [0.25, 0.3) is 0 Å². The highest BCUT2D eigenvalue weighted by Gasteiger charge is 1.97. The van der Waals surface area contributed by atoms with Crippen LogP contribution in [0, 0.1) is 6.92 Å². The van der Waals surface area contributed by atoms with Crippen molar-refractivity contribution in [2.24, 2.45) is 5.73 Å². The first kappa shape index (κ1) is 9.72. The number of anilines is 1. The zero-order valence-electron chi connectivity index (χ0n) is 7.20. The molecule has 4 N–H and O–H groups in total. The predicted octanol–water partition coefficient (Wildman–Crippen LogP) is -0.0733. The smallest absolute Gasteiger partial charge is 0.312 e. The van der Waals surface area contributed by atoms with Gasteiger partial charge in [-0.2, -0.15) is 4.37 Å². The first-order valence-corrected chi connectivity index (χ1v) is 4.53. The van der Waals surface area contributed by atoms with Crippen LogP contribution in [0.1, 0.15) is 5.82 Å². The lowest BCUT2D eigenvalue weighted by Crippen LogP contribution is -2.33. The molecule has 0 bridgehead atoms. The highest BCUT2D eigenvalue weighted by molar-refractivity contribution is 7.09. The summed E-state index contributed by atoms with van der Waals surface area (Å²) in [4.78, 5) is 14.4. The molecule has 6 nitrogen and oxygen atoms in total. The van der Waals surface area contributed by atoms with Gasteiger partial charge in [0, 0.05) is 24.6 Å². The van der Waals surface area contributed by atoms with Gasteiger partial charge in [-0.15, -0.1) is 0 Å². The lowest BCUT2D eigenvalue weighted by atomic mass is 10.6. The average molecular weight is 201 g/mol. The van der Waals surface area contributed by atoms with Crippen LogP contribution < -0.4 is 16.4 Å². The summed E-state index contributed by atoms with van der Waals surface area (Å²) in [5.74, 6) is 0.746. The minimum absolute atomic E-state index is 0.480. The molecule has 13 heavy (non-hydrogen) atoms. The number of carbonyl (C=O) groups is 1. The van der Waals surface area contributed by atoms with Crippen LogP contribution in [-0.4, -0.2) is 28.5 Å². The topological polar surface area (TPSA) is 92.9 Å². The fourth-order valence-corrected chi connectivity index (χ4v) is 1.32. The maximum atomic E-state index is 10.3. The number of urea groups is 1. The Morgan fingerprint density at radius 1 is 1.62 bits per heavy atom. The molecule has 0 fully saturated rings. The standard InChI is InChI=1S/C6H11N5OS/c1-4-10-6(13-11-4)9-3-2-8-5(7)12/h2-3H2,1H3,(H3,7,8,12)(H,9,10,11). The number of nitrogens with zero attached hydrogens (tertiary/aromatic N) is 2. The van der Waals surface area contributed by atoms with Gasteiger partial charge in [0.1, 0.15) is 5.82 Å². The monoisotopic (exact) mass is 201 g/mol. The van der Waals surface area contributed by atoms with Crippen molar-refractivity contribution in [2.45, 2.75) is 6.92 Å². The van der Waals surface area contributed by atoms with Gasteiger partial charge in [-0.05, 0) is 6.92 Å². The molecule has 0 saturated carbocycles. The fraction of sp³-hybridized carbons (Fsp3) is 0.500. The second-order valence-electron chi connectivity index (χ2n) is 2.36. The Morgan fingerprint density at radius 3 is 2.92 bits per heavy atom.